The zero-order chi connectivity index (χ0) is 13.2. The molecule has 0 bridgehead atoms. The minimum absolute atomic E-state index is 0.0149. The van der Waals surface area contributed by atoms with E-state index < -0.39 is 9.84 Å². The third-order valence-electron chi connectivity index (χ3n) is 3.43. The lowest BCUT2D eigenvalue weighted by atomic mass is 10.4. The van der Waals surface area contributed by atoms with Gasteiger partial charge < -0.3 is 10.3 Å². The van der Waals surface area contributed by atoms with Crippen molar-refractivity contribution in [1.82, 2.24) is 4.57 Å². The van der Waals surface area contributed by atoms with Gasteiger partial charge in [-0.05, 0) is 18.9 Å². The van der Waals surface area contributed by atoms with Gasteiger partial charge in [-0.2, -0.15) is 0 Å². The molecule has 1 heterocycles. The molecule has 1 aliphatic carbocycles. The molecule has 1 saturated carbocycles. The van der Waals surface area contributed by atoms with Crippen LogP contribution in [0.2, 0.25) is 0 Å². The van der Waals surface area contributed by atoms with Crippen LogP contribution in [0, 0.1) is 0 Å². The number of hydrogen-bond acceptors (Lipinski definition) is 4. The monoisotopic (exact) mass is 270 g/mol. The van der Waals surface area contributed by atoms with E-state index in [-0.39, 0.29) is 23.1 Å². The number of sulfone groups is 1. The van der Waals surface area contributed by atoms with Crippen molar-refractivity contribution in [3.05, 3.63) is 28.7 Å². The third-order valence-corrected chi connectivity index (χ3v) is 5.67. The summed E-state index contributed by atoms with van der Waals surface area (Å²) < 4.78 is 25.5. The maximum absolute atomic E-state index is 12.1. The average molecular weight is 270 g/mol. The van der Waals surface area contributed by atoms with E-state index in [9.17, 15) is 13.2 Å². The lowest BCUT2D eigenvalue weighted by Crippen LogP contribution is -2.27. The Morgan fingerprint density at radius 1 is 1.28 bits per heavy atom. The van der Waals surface area contributed by atoms with E-state index in [1.54, 1.807) is 0 Å². The highest BCUT2D eigenvalue weighted by Crippen LogP contribution is 2.25. The number of nitrogen functional groups attached to an aromatic ring is 1. The second kappa shape index (κ2) is 5.14. The molecule has 1 fully saturated rings. The zero-order valence-electron chi connectivity index (χ0n) is 10.2. The molecule has 0 radical (unpaired) electrons. The molecule has 6 heteroatoms. The molecule has 0 aromatic carbocycles. The normalized spacial score (nSPS) is 17.1. The quantitative estimate of drug-likeness (QED) is 0.876. The molecule has 0 unspecified atom stereocenters. The molecule has 1 aromatic rings. The first-order chi connectivity index (χ1) is 8.49. The molecular formula is C12H18N2O3S. The summed E-state index contributed by atoms with van der Waals surface area (Å²) in [5, 5.41) is -0.214. The molecule has 0 saturated heterocycles. The van der Waals surface area contributed by atoms with Crippen molar-refractivity contribution >= 4 is 15.5 Å². The van der Waals surface area contributed by atoms with Crippen LogP contribution in [-0.4, -0.2) is 24.0 Å². The van der Waals surface area contributed by atoms with Gasteiger partial charge in [0.05, 0.1) is 11.0 Å². The predicted molar refractivity (Wildman–Crippen MR) is 71.2 cm³/mol. The highest BCUT2D eigenvalue weighted by molar-refractivity contribution is 7.92. The fraction of sp³-hybridized carbons (Fsp3) is 0.583. The number of rotatable bonds is 4. The zero-order valence-corrected chi connectivity index (χ0v) is 11.0. The molecule has 0 atom stereocenters. The Kier molecular flexibility index (Phi) is 3.75. The molecule has 100 valence electrons. The molecule has 0 spiro atoms. The van der Waals surface area contributed by atoms with Crippen LogP contribution in [0.5, 0.6) is 0 Å². The van der Waals surface area contributed by atoms with E-state index >= 15 is 0 Å². The summed E-state index contributed by atoms with van der Waals surface area (Å²) in [6.45, 7) is 0.183. The maximum atomic E-state index is 12.1. The summed E-state index contributed by atoms with van der Waals surface area (Å²) in [6, 6.07) is 2.88. The lowest BCUT2D eigenvalue weighted by molar-refractivity contribution is 0.571. The topological polar surface area (TPSA) is 82.2 Å². The minimum Gasteiger partial charge on any atom is -0.398 e. The van der Waals surface area contributed by atoms with Crippen molar-refractivity contribution in [2.24, 2.45) is 0 Å². The summed E-state index contributed by atoms with van der Waals surface area (Å²) in [4.78, 5) is 11.5. The highest BCUT2D eigenvalue weighted by Gasteiger charge is 2.28. The molecule has 0 amide bonds. The van der Waals surface area contributed by atoms with Crippen LogP contribution in [0.25, 0.3) is 0 Å². The molecule has 18 heavy (non-hydrogen) atoms. The van der Waals surface area contributed by atoms with Crippen molar-refractivity contribution in [1.29, 1.82) is 0 Å². The lowest BCUT2D eigenvalue weighted by Gasteiger charge is -2.12. The Hall–Kier alpha value is -1.30. The van der Waals surface area contributed by atoms with Gasteiger partial charge in [0.1, 0.15) is 0 Å². The number of aryl methyl sites for hydroxylation is 1. The SMILES string of the molecule is Nc1ccc(=O)n(CCS(=O)(=O)C2CCCC2)c1. The number of hydrogen-bond donors (Lipinski definition) is 1. The summed E-state index contributed by atoms with van der Waals surface area (Å²) in [5.74, 6) is 0.0149. The van der Waals surface area contributed by atoms with E-state index in [1.807, 2.05) is 0 Å². The maximum Gasteiger partial charge on any atom is 0.250 e. The largest absolute Gasteiger partial charge is 0.398 e. The molecular weight excluding hydrogens is 252 g/mol. The average Bonchev–Trinajstić information content (AvgIpc) is 2.85. The van der Waals surface area contributed by atoms with Gasteiger partial charge in [-0.15, -0.1) is 0 Å². The van der Waals surface area contributed by atoms with Gasteiger partial charge in [0.15, 0.2) is 9.84 Å². The Balaban J connectivity index is 2.07. The van der Waals surface area contributed by atoms with Crippen LogP contribution in [0.15, 0.2) is 23.1 Å². The molecule has 2 N–H and O–H groups in total. The van der Waals surface area contributed by atoms with Crippen molar-refractivity contribution in [3.63, 3.8) is 0 Å². The highest BCUT2D eigenvalue weighted by atomic mass is 32.2. The van der Waals surface area contributed by atoms with E-state index in [0.29, 0.717) is 5.69 Å². The van der Waals surface area contributed by atoms with Crippen molar-refractivity contribution in [2.45, 2.75) is 37.5 Å². The summed E-state index contributed by atoms with van der Waals surface area (Å²) in [5.41, 5.74) is 5.83. The van der Waals surface area contributed by atoms with Crippen LogP contribution in [0.3, 0.4) is 0 Å². The molecule has 0 aliphatic heterocycles. The second-order valence-corrected chi connectivity index (χ2v) is 7.17. The molecule has 1 aromatic heterocycles. The fourth-order valence-corrected chi connectivity index (χ4v) is 4.20. The minimum atomic E-state index is -3.09. The summed E-state index contributed by atoms with van der Waals surface area (Å²) >= 11 is 0. The van der Waals surface area contributed by atoms with E-state index in [2.05, 4.69) is 0 Å². The van der Waals surface area contributed by atoms with E-state index in [4.69, 9.17) is 5.73 Å². The molecule has 5 nitrogen and oxygen atoms in total. The Labute approximate surface area is 107 Å². The summed E-state index contributed by atoms with van der Waals surface area (Å²) in [7, 11) is -3.09. The first-order valence-corrected chi connectivity index (χ1v) is 7.88. The standard InChI is InChI=1S/C12H18N2O3S/c13-10-5-6-12(15)14(9-10)7-8-18(16,17)11-3-1-2-4-11/h5-6,9,11H,1-4,7-8,13H2. The van der Waals surface area contributed by atoms with E-state index in [0.717, 1.165) is 25.7 Å². The van der Waals surface area contributed by atoms with Gasteiger partial charge in [0.25, 0.3) is 5.56 Å². The predicted octanol–water partition coefficient (Wildman–Crippen LogP) is 0.788. The number of anilines is 1. The Morgan fingerprint density at radius 3 is 2.61 bits per heavy atom. The second-order valence-electron chi connectivity index (χ2n) is 4.77. The van der Waals surface area contributed by atoms with Gasteiger partial charge in [-0.3, -0.25) is 4.79 Å². The van der Waals surface area contributed by atoms with Crippen LogP contribution in [0.1, 0.15) is 25.7 Å². The summed E-state index contributed by atoms with van der Waals surface area (Å²) in [6.07, 6.45) is 4.99. The number of aromatic nitrogens is 1. The Bertz CT molecular complexity index is 571. The number of nitrogens with zero attached hydrogens (tertiary/aromatic N) is 1. The van der Waals surface area contributed by atoms with Crippen LogP contribution in [0.4, 0.5) is 5.69 Å². The number of pyridine rings is 1. The van der Waals surface area contributed by atoms with Gasteiger partial charge in [0, 0.05) is 24.5 Å². The third kappa shape index (κ3) is 2.93. The molecule has 2 rings (SSSR count). The molecule has 1 aliphatic rings. The van der Waals surface area contributed by atoms with Crippen LogP contribution in [-0.2, 0) is 16.4 Å². The van der Waals surface area contributed by atoms with Gasteiger partial charge in [0.2, 0.25) is 0 Å². The van der Waals surface area contributed by atoms with Gasteiger partial charge in [-0.25, -0.2) is 8.42 Å². The van der Waals surface area contributed by atoms with Crippen molar-refractivity contribution in [2.75, 3.05) is 11.5 Å². The first-order valence-electron chi connectivity index (χ1n) is 6.16. The Morgan fingerprint density at radius 2 is 1.94 bits per heavy atom. The van der Waals surface area contributed by atoms with Gasteiger partial charge >= 0.3 is 0 Å². The van der Waals surface area contributed by atoms with Gasteiger partial charge in [-0.1, -0.05) is 12.8 Å². The fourth-order valence-electron chi connectivity index (χ4n) is 2.36. The van der Waals surface area contributed by atoms with Crippen molar-refractivity contribution < 1.29 is 8.42 Å². The number of nitrogens with two attached hydrogens (primary N) is 1. The smallest absolute Gasteiger partial charge is 0.250 e. The van der Waals surface area contributed by atoms with E-state index in [1.165, 1.54) is 22.9 Å². The van der Waals surface area contributed by atoms with Crippen LogP contribution >= 0.6 is 0 Å². The van der Waals surface area contributed by atoms with Crippen LogP contribution < -0.4 is 11.3 Å². The first kappa shape index (κ1) is 13.1. The van der Waals surface area contributed by atoms with Crippen molar-refractivity contribution in [3.8, 4) is 0 Å².